The molecule has 2 aliphatic rings. The first-order chi connectivity index (χ1) is 18.4. The van der Waals surface area contributed by atoms with E-state index in [0.717, 1.165) is 24.2 Å². The Bertz CT molecular complexity index is 1720. The highest BCUT2D eigenvalue weighted by Gasteiger charge is 2.31. The predicted octanol–water partition coefficient (Wildman–Crippen LogP) is 6.09. The molecule has 1 unspecified atom stereocenters. The van der Waals surface area contributed by atoms with Crippen LogP contribution >= 0.6 is 11.3 Å². The number of hydrogen-bond donors (Lipinski definition) is 1. The van der Waals surface area contributed by atoms with Crippen LogP contribution in [0.4, 0.5) is 19.7 Å². The van der Waals surface area contributed by atoms with Crippen LogP contribution in [0.25, 0.3) is 32.1 Å². The van der Waals surface area contributed by atoms with Crippen molar-refractivity contribution >= 4 is 49.0 Å². The van der Waals surface area contributed by atoms with E-state index in [1.165, 1.54) is 17.4 Å². The first-order valence-electron chi connectivity index (χ1n) is 12.3. The molecular weight excluding hydrogens is 506 g/mol. The van der Waals surface area contributed by atoms with Gasteiger partial charge in [0, 0.05) is 63.7 Å². The third-order valence-corrected chi connectivity index (χ3v) is 8.36. The third kappa shape index (κ3) is 3.73. The number of allylic oxidation sites excluding steroid dienone is 1. The Morgan fingerprint density at radius 2 is 2.11 bits per heavy atom. The van der Waals surface area contributed by atoms with Crippen molar-refractivity contribution in [1.82, 2.24) is 9.97 Å². The Labute approximate surface area is 221 Å². The maximum absolute atomic E-state index is 16.5. The van der Waals surface area contributed by atoms with E-state index in [-0.39, 0.29) is 46.3 Å². The fraction of sp³-hybridized carbons (Fsp3) is 0.286. The number of thiophene rings is 1. The normalized spacial score (nSPS) is 17.7. The number of nitrogen functional groups attached to an aromatic ring is 1. The average Bonchev–Trinajstić information content (AvgIpc) is 3.66. The molecule has 2 aliphatic heterocycles. The van der Waals surface area contributed by atoms with Gasteiger partial charge in [-0.1, -0.05) is 6.08 Å². The van der Waals surface area contributed by atoms with Crippen molar-refractivity contribution in [3.05, 3.63) is 58.9 Å². The molecule has 0 radical (unpaired) electrons. The number of nitrogens with two attached hydrogens (primary N) is 1. The van der Waals surface area contributed by atoms with Crippen LogP contribution < -0.4 is 10.6 Å². The average molecular weight is 531 g/mol. The number of nitrogens with zero attached hydrogens (tertiary/aromatic N) is 5. The minimum atomic E-state index is -0.658. The summed E-state index contributed by atoms with van der Waals surface area (Å²) in [6.45, 7) is 5.68. The number of anilines is 2. The van der Waals surface area contributed by atoms with Gasteiger partial charge in [-0.2, -0.15) is 5.26 Å². The van der Waals surface area contributed by atoms with Crippen LogP contribution in [-0.4, -0.2) is 28.8 Å². The van der Waals surface area contributed by atoms with Gasteiger partial charge in [0.05, 0.1) is 18.8 Å². The molecule has 10 heteroatoms. The molecule has 4 heterocycles. The quantitative estimate of drug-likeness (QED) is 0.320. The molecule has 2 aromatic carbocycles. The summed E-state index contributed by atoms with van der Waals surface area (Å²) in [7, 11) is 0. The minimum absolute atomic E-state index is 0.0189. The van der Waals surface area contributed by atoms with Crippen LogP contribution in [0.3, 0.4) is 0 Å². The highest BCUT2D eigenvalue weighted by atomic mass is 32.1. The lowest BCUT2D eigenvalue weighted by molar-refractivity contribution is 0.135. The number of nitriles is 1. The number of aliphatic imine (C=N–C) groups is 1. The summed E-state index contributed by atoms with van der Waals surface area (Å²) in [6.07, 6.45) is 6.19. The van der Waals surface area contributed by atoms with Crippen molar-refractivity contribution in [2.24, 2.45) is 10.9 Å². The topological polar surface area (TPSA) is 100 Å². The predicted molar refractivity (Wildman–Crippen MR) is 146 cm³/mol. The molecule has 4 aromatic rings. The standard InChI is InChI=1S/C28H24F2N6OS/c1-3-7-33-14(2)15-6-8-36(11-15)28-34-10-17-18-12-37-13-19(18)23(25(30)26(17)35-28)24-20(29)4-5-21-22(24)16(9-31)27(32)38-21/h3-5,7,10,15H,6,8,11-13,32H2,1-2H3/b7-3-,33-14?. The fourth-order valence-electron chi connectivity index (χ4n) is 5.44. The van der Waals surface area contributed by atoms with Gasteiger partial charge in [-0.25, -0.2) is 18.7 Å². The summed E-state index contributed by atoms with van der Waals surface area (Å²) >= 11 is 1.18. The van der Waals surface area contributed by atoms with Crippen molar-refractivity contribution < 1.29 is 13.5 Å². The van der Waals surface area contributed by atoms with Crippen LogP contribution in [0, 0.1) is 28.9 Å². The summed E-state index contributed by atoms with van der Waals surface area (Å²) in [6, 6.07) is 4.92. The Morgan fingerprint density at radius 1 is 1.29 bits per heavy atom. The first-order valence-corrected chi connectivity index (χ1v) is 13.1. The van der Waals surface area contributed by atoms with E-state index in [2.05, 4.69) is 21.0 Å². The molecule has 2 N–H and O–H groups in total. The van der Waals surface area contributed by atoms with E-state index in [1.54, 1.807) is 18.5 Å². The van der Waals surface area contributed by atoms with Crippen molar-refractivity contribution in [3.8, 4) is 17.2 Å². The molecule has 0 saturated carbocycles. The number of hydrogen-bond acceptors (Lipinski definition) is 8. The molecule has 6 rings (SSSR count). The van der Waals surface area contributed by atoms with Gasteiger partial charge in [-0.15, -0.1) is 11.3 Å². The fourth-order valence-corrected chi connectivity index (χ4v) is 6.37. The molecule has 192 valence electrons. The van der Waals surface area contributed by atoms with Crippen LogP contribution in [0.15, 0.2) is 35.6 Å². The second-order valence-corrected chi connectivity index (χ2v) is 10.6. The number of ether oxygens (including phenoxy) is 1. The number of fused-ring (bicyclic) bond motifs is 4. The molecule has 0 spiro atoms. The van der Waals surface area contributed by atoms with Crippen molar-refractivity contribution in [2.75, 3.05) is 23.7 Å². The summed E-state index contributed by atoms with van der Waals surface area (Å²) in [5, 5.41) is 10.9. The number of halogens is 2. The summed E-state index contributed by atoms with van der Waals surface area (Å²) in [5.74, 6) is -0.626. The second kappa shape index (κ2) is 9.42. The summed E-state index contributed by atoms with van der Waals surface area (Å²) in [4.78, 5) is 15.7. The minimum Gasteiger partial charge on any atom is -0.389 e. The molecule has 7 nitrogen and oxygen atoms in total. The van der Waals surface area contributed by atoms with E-state index >= 15 is 8.78 Å². The van der Waals surface area contributed by atoms with E-state index in [4.69, 9.17) is 10.5 Å². The molecule has 0 aliphatic carbocycles. The largest absolute Gasteiger partial charge is 0.389 e. The molecule has 38 heavy (non-hydrogen) atoms. The van der Waals surface area contributed by atoms with Gasteiger partial charge in [0.2, 0.25) is 5.95 Å². The Kier molecular flexibility index (Phi) is 6.05. The highest BCUT2D eigenvalue weighted by Crippen LogP contribution is 2.46. The lowest BCUT2D eigenvalue weighted by atomic mass is 9.90. The number of rotatable bonds is 4. The molecule has 2 aromatic heterocycles. The van der Waals surface area contributed by atoms with Gasteiger partial charge >= 0.3 is 0 Å². The zero-order chi connectivity index (χ0) is 26.6. The highest BCUT2D eigenvalue weighted by molar-refractivity contribution is 7.23. The SMILES string of the molecule is C/C=C\N=C(C)C1CCN(c2ncc3c4c(c(-c5c(F)ccc6sc(N)c(C#N)c56)c(F)c3n2)COC4)C1. The maximum Gasteiger partial charge on any atom is 0.225 e. The monoisotopic (exact) mass is 530 g/mol. The molecule has 0 bridgehead atoms. The second-order valence-electron chi connectivity index (χ2n) is 9.50. The van der Waals surface area contributed by atoms with Gasteiger partial charge in [0.25, 0.3) is 0 Å². The van der Waals surface area contributed by atoms with Crippen molar-refractivity contribution in [2.45, 2.75) is 33.5 Å². The Balaban J connectivity index is 1.53. The third-order valence-electron chi connectivity index (χ3n) is 7.37. The molecular formula is C28H24F2N6OS. The number of aromatic nitrogens is 2. The van der Waals surface area contributed by atoms with Crippen LogP contribution in [0.1, 0.15) is 37.0 Å². The maximum atomic E-state index is 16.5. The van der Waals surface area contributed by atoms with E-state index in [1.807, 2.05) is 24.8 Å². The zero-order valence-corrected chi connectivity index (χ0v) is 21.7. The van der Waals surface area contributed by atoms with Gasteiger partial charge in [-0.3, -0.25) is 4.99 Å². The van der Waals surface area contributed by atoms with Gasteiger partial charge in [0.15, 0.2) is 5.82 Å². The smallest absolute Gasteiger partial charge is 0.225 e. The van der Waals surface area contributed by atoms with Crippen LogP contribution in [0.2, 0.25) is 0 Å². The first kappa shape index (κ1) is 24.4. The molecule has 1 saturated heterocycles. The molecule has 0 amide bonds. The molecule has 1 atom stereocenters. The van der Waals surface area contributed by atoms with Gasteiger partial charge in [-0.05, 0) is 43.5 Å². The Hall–Kier alpha value is -3.94. The summed E-state index contributed by atoms with van der Waals surface area (Å²) < 4.78 is 38.3. The van der Waals surface area contributed by atoms with E-state index in [9.17, 15) is 5.26 Å². The van der Waals surface area contributed by atoms with E-state index in [0.29, 0.717) is 33.5 Å². The number of benzene rings is 2. The van der Waals surface area contributed by atoms with Gasteiger partial charge in [0.1, 0.15) is 22.4 Å². The van der Waals surface area contributed by atoms with Crippen LogP contribution in [-0.2, 0) is 18.0 Å². The summed E-state index contributed by atoms with van der Waals surface area (Å²) in [5.41, 5.74) is 8.72. The molecule has 1 fully saturated rings. The van der Waals surface area contributed by atoms with Crippen LogP contribution in [0.5, 0.6) is 0 Å². The Morgan fingerprint density at radius 3 is 2.89 bits per heavy atom. The van der Waals surface area contributed by atoms with E-state index < -0.39 is 11.6 Å². The van der Waals surface area contributed by atoms with Gasteiger partial charge < -0.3 is 15.4 Å². The van der Waals surface area contributed by atoms with Crippen molar-refractivity contribution in [3.63, 3.8) is 0 Å². The zero-order valence-electron chi connectivity index (χ0n) is 20.9. The lowest BCUT2D eigenvalue weighted by Crippen LogP contribution is -2.24. The van der Waals surface area contributed by atoms with Crippen molar-refractivity contribution in [1.29, 1.82) is 5.26 Å². The lowest BCUT2D eigenvalue weighted by Gasteiger charge is -2.19.